The molecule has 0 spiro atoms. The smallest absolute Gasteiger partial charge is 0.123 e. The second-order valence-electron chi connectivity index (χ2n) is 4.53. The third kappa shape index (κ3) is 4.30. The summed E-state index contributed by atoms with van der Waals surface area (Å²) >= 11 is 0. The Morgan fingerprint density at radius 2 is 1.83 bits per heavy atom. The molecule has 1 aromatic carbocycles. The molecule has 0 radical (unpaired) electrons. The van der Waals surface area contributed by atoms with Gasteiger partial charge in [0.25, 0.3) is 0 Å². The van der Waals surface area contributed by atoms with Gasteiger partial charge in [-0.15, -0.1) is 0 Å². The van der Waals surface area contributed by atoms with E-state index in [1.165, 1.54) is 12.1 Å². The predicted molar refractivity (Wildman–Crippen MR) is 76.7 cm³/mol. The summed E-state index contributed by atoms with van der Waals surface area (Å²) in [5.41, 5.74) is 1.10. The first kappa shape index (κ1) is 15.0. The van der Waals surface area contributed by atoms with Crippen LogP contribution in [0.5, 0.6) is 0 Å². The zero-order chi connectivity index (χ0) is 13.4. The molecule has 3 heteroatoms. The minimum Gasteiger partial charge on any atom is -0.368 e. The number of likely N-dealkylation sites (N-methyl/N-ethyl adjacent to an activating group) is 1. The monoisotopic (exact) mass is 252 g/mol. The summed E-state index contributed by atoms with van der Waals surface area (Å²) in [6, 6.07) is 7.25. The van der Waals surface area contributed by atoms with Crippen LogP contribution in [-0.4, -0.2) is 25.7 Å². The van der Waals surface area contributed by atoms with Crippen molar-refractivity contribution in [3.05, 3.63) is 30.1 Å². The molecule has 1 N–H and O–H groups in total. The maximum Gasteiger partial charge on any atom is 0.123 e. The molecule has 18 heavy (non-hydrogen) atoms. The van der Waals surface area contributed by atoms with Gasteiger partial charge < -0.3 is 10.2 Å². The highest BCUT2D eigenvalue weighted by Crippen LogP contribution is 2.18. The van der Waals surface area contributed by atoms with Gasteiger partial charge in [-0.2, -0.15) is 0 Å². The summed E-state index contributed by atoms with van der Waals surface area (Å²) in [6.07, 6.45) is 2.24. The molecule has 0 aromatic heterocycles. The topological polar surface area (TPSA) is 15.3 Å². The Kier molecular flexibility index (Phi) is 6.73. The molecule has 2 nitrogen and oxygen atoms in total. The van der Waals surface area contributed by atoms with Crippen LogP contribution in [0, 0.1) is 5.82 Å². The van der Waals surface area contributed by atoms with Crippen molar-refractivity contribution in [2.75, 3.05) is 24.5 Å². The lowest BCUT2D eigenvalue weighted by Crippen LogP contribution is -2.42. The predicted octanol–water partition coefficient (Wildman–Crippen LogP) is 3.43. The van der Waals surface area contributed by atoms with Gasteiger partial charge in [-0.1, -0.05) is 13.8 Å². The molecule has 0 bridgehead atoms. The minimum atomic E-state index is -0.174. The van der Waals surface area contributed by atoms with Gasteiger partial charge in [-0.25, -0.2) is 4.39 Å². The average Bonchev–Trinajstić information content (AvgIpc) is 2.40. The van der Waals surface area contributed by atoms with Crippen molar-refractivity contribution >= 4 is 5.69 Å². The Balaban J connectivity index is 2.69. The number of hydrogen-bond acceptors (Lipinski definition) is 2. The summed E-state index contributed by atoms with van der Waals surface area (Å²) in [4.78, 5) is 2.34. The molecule has 0 aliphatic heterocycles. The molecular formula is C15H25FN2. The first-order chi connectivity index (χ1) is 8.72. The van der Waals surface area contributed by atoms with Gasteiger partial charge in [-0.3, -0.25) is 0 Å². The highest BCUT2D eigenvalue weighted by atomic mass is 19.1. The van der Waals surface area contributed by atoms with Crippen LogP contribution >= 0.6 is 0 Å². The first-order valence-electron chi connectivity index (χ1n) is 6.95. The fourth-order valence-electron chi connectivity index (χ4n) is 2.20. The number of rotatable bonds is 8. The number of halogens is 1. The van der Waals surface area contributed by atoms with Crippen LogP contribution < -0.4 is 10.2 Å². The van der Waals surface area contributed by atoms with Crippen molar-refractivity contribution < 1.29 is 4.39 Å². The van der Waals surface area contributed by atoms with Crippen molar-refractivity contribution in [3.8, 4) is 0 Å². The molecule has 1 atom stereocenters. The van der Waals surface area contributed by atoms with E-state index in [1.54, 1.807) is 0 Å². The number of nitrogens with one attached hydrogen (secondary N) is 1. The van der Waals surface area contributed by atoms with Crippen LogP contribution in [-0.2, 0) is 0 Å². The van der Waals surface area contributed by atoms with Crippen LogP contribution in [0.1, 0.15) is 33.6 Å². The molecule has 1 unspecified atom stereocenters. The molecule has 0 aliphatic rings. The lowest BCUT2D eigenvalue weighted by Gasteiger charge is -2.32. The van der Waals surface area contributed by atoms with Crippen molar-refractivity contribution in [1.82, 2.24) is 5.32 Å². The van der Waals surface area contributed by atoms with E-state index < -0.39 is 0 Å². The molecule has 1 aromatic rings. The molecule has 0 amide bonds. The standard InChI is InChI=1S/C15H25FN2/c1-4-11-17-12-14(5-2)18(6-3)15-9-7-13(16)8-10-15/h7-10,14,17H,4-6,11-12H2,1-3H3. The zero-order valence-electron chi connectivity index (χ0n) is 11.7. The van der Waals surface area contributed by atoms with E-state index >= 15 is 0 Å². The van der Waals surface area contributed by atoms with Gasteiger partial charge in [0, 0.05) is 24.8 Å². The minimum absolute atomic E-state index is 0.174. The summed E-state index contributed by atoms with van der Waals surface area (Å²) in [5.74, 6) is -0.174. The van der Waals surface area contributed by atoms with Crippen LogP contribution in [0.3, 0.4) is 0 Å². The van der Waals surface area contributed by atoms with Gasteiger partial charge in [0.2, 0.25) is 0 Å². The normalized spacial score (nSPS) is 12.4. The Bertz CT molecular complexity index is 324. The average molecular weight is 252 g/mol. The van der Waals surface area contributed by atoms with Crippen molar-refractivity contribution in [2.45, 2.75) is 39.7 Å². The summed E-state index contributed by atoms with van der Waals surface area (Å²) in [7, 11) is 0. The molecule has 0 heterocycles. The van der Waals surface area contributed by atoms with Crippen LogP contribution in [0.15, 0.2) is 24.3 Å². The van der Waals surface area contributed by atoms with E-state index in [9.17, 15) is 4.39 Å². The lowest BCUT2D eigenvalue weighted by atomic mass is 10.1. The molecule has 0 aliphatic carbocycles. The third-order valence-corrected chi connectivity index (χ3v) is 3.22. The molecule has 0 fully saturated rings. The van der Waals surface area contributed by atoms with Gasteiger partial charge in [-0.05, 0) is 50.6 Å². The van der Waals surface area contributed by atoms with E-state index in [-0.39, 0.29) is 5.82 Å². The lowest BCUT2D eigenvalue weighted by molar-refractivity contribution is 0.523. The molecule has 1 rings (SSSR count). The van der Waals surface area contributed by atoms with Crippen LogP contribution in [0.2, 0.25) is 0 Å². The van der Waals surface area contributed by atoms with Crippen molar-refractivity contribution in [3.63, 3.8) is 0 Å². The Hall–Kier alpha value is -1.09. The first-order valence-corrected chi connectivity index (χ1v) is 6.95. The van der Waals surface area contributed by atoms with Gasteiger partial charge in [0.1, 0.15) is 5.82 Å². The Morgan fingerprint density at radius 3 is 2.33 bits per heavy atom. The zero-order valence-corrected chi connectivity index (χ0v) is 11.7. The number of nitrogens with zero attached hydrogens (tertiary/aromatic N) is 1. The third-order valence-electron chi connectivity index (χ3n) is 3.22. The number of benzene rings is 1. The van der Waals surface area contributed by atoms with Gasteiger partial charge in [0.05, 0.1) is 0 Å². The molecule has 102 valence electrons. The highest BCUT2D eigenvalue weighted by Gasteiger charge is 2.15. The van der Waals surface area contributed by atoms with Crippen molar-refractivity contribution in [2.24, 2.45) is 0 Å². The van der Waals surface area contributed by atoms with E-state index in [4.69, 9.17) is 0 Å². The highest BCUT2D eigenvalue weighted by molar-refractivity contribution is 5.47. The van der Waals surface area contributed by atoms with E-state index in [1.807, 2.05) is 12.1 Å². The fraction of sp³-hybridized carbons (Fsp3) is 0.600. The Morgan fingerprint density at radius 1 is 1.17 bits per heavy atom. The van der Waals surface area contributed by atoms with Gasteiger partial charge in [0.15, 0.2) is 0 Å². The molecular weight excluding hydrogens is 227 g/mol. The molecule has 0 saturated heterocycles. The number of anilines is 1. The summed E-state index contributed by atoms with van der Waals surface area (Å²) < 4.78 is 13.0. The number of hydrogen-bond donors (Lipinski definition) is 1. The summed E-state index contributed by atoms with van der Waals surface area (Å²) in [6.45, 7) is 9.49. The maximum atomic E-state index is 13.0. The van der Waals surface area contributed by atoms with E-state index in [2.05, 4.69) is 31.0 Å². The quantitative estimate of drug-likeness (QED) is 0.713. The summed E-state index contributed by atoms with van der Waals surface area (Å²) in [5, 5.41) is 3.47. The largest absolute Gasteiger partial charge is 0.368 e. The second kappa shape index (κ2) is 8.09. The molecule has 0 saturated carbocycles. The van der Waals surface area contributed by atoms with Crippen LogP contribution in [0.25, 0.3) is 0 Å². The second-order valence-corrected chi connectivity index (χ2v) is 4.53. The maximum absolute atomic E-state index is 13.0. The van der Waals surface area contributed by atoms with E-state index in [0.29, 0.717) is 6.04 Å². The fourth-order valence-corrected chi connectivity index (χ4v) is 2.20. The van der Waals surface area contributed by atoms with Gasteiger partial charge >= 0.3 is 0 Å². The van der Waals surface area contributed by atoms with E-state index in [0.717, 1.165) is 38.2 Å². The van der Waals surface area contributed by atoms with Crippen LogP contribution in [0.4, 0.5) is 10.1 Å². The SMILES string of the molecule is CCCNCC(CC)N(CC)c1ccc(F)cc1. The Labute approximate surface area is 110 Å². The van der Waals surface area contributed by atoms with Crippen molar-refractivity contribution in [1.29, 1.82) is 0 Å².